The summed E-state index contributed by atoms with van der Waals surface area (Å²) in [5.41, 5.74) is 9.76. The number of amides is 1. The predicted molar refractivity (Wildman–Crippen MR) is 109 cm³/mol. The largest absolute Gasteiger partial charge is 0.364 e. The molecule has 0 spiro atoms. The zero-order chi connectivity index (χ0) is 19.6. The van der Waals surface area contributed by atoms with E-state index in [4.69, 9.17) is 5.73 Å². The van der Waals surface area contributed by atoms with Crippen molar-refractivity contribution in [2.45, 2.75) is 52.4 Å². The SMILES string of the molecule is CCCc1nc(C(N)=O)ccc1C/C=C/CC(=O)/C1=C/C=C\C=C(/C)CC1. The molecular formula is C23H28N2O2. The van der Waals surface area contributed by atoms with Crippen LogP contribution in [0.15, 0.2) is 59.7 Å². The maximum Gasteiger partial charge on any atom is 0.267 e. The fourth-order valence-corrected chi connectivity index (χ4v) is 2.96. The molecule has 0 saturated heterocycles. The highest BCUT2D eigenvalue weighted by Crippen LogP contribution is 2.17. The molecule has 0 radical (unpaired) electrons. The van der Waals surface area contributed by atoms with E-state index in [2.05, 4.69) is 24.9 Å². The quantitative estimate of drug-likeness (QED) is 0.694. The minimum atomic E-state index is -0.508. The molecule has 0 atom stereocenters. The number of hydrogen-bond donors (Lipinski definition) is 1. The van der Waals surface area contributed by atoms with Gasteiger partial charge in [0.15, 0.2) is 5.78 Å². The Balaban J connectivity index is 1.97. The van der Waals surface area contributed by atoms with Crippen LogP contribution in [0.5, 0.6) is 0 Å². The molecule has 0 aliphatic heterocycles. The number of Topliss-reactive ketones (excluding diaryl/α,β-unsaturated/α-hetero) is 1. The molecule has 1 heterocycles. The Morgan fingerprint density at radius 1 is 1.15 bits per heavy atom. The van der Waals surface area contributed by atoms with E-state index in [1.165, 1.54) is 5.57 Å². The van der Waals surface area contributed by atoms with E-state index in [0.29, 0.717) is 18.5 Å². The summed E-state index contributed by atoms with van der Waals surface area (Å²) < 4.78 is 0. The van der Waals surface area contributed by atoms with Crippen molar-refractivity contribution >= 4 is 11.7 Å². The van der Waals surface area contributed by atoms with Gasteiger partial charge in [-0.25, -0.2) is 4.98 Å². The van der Waals surface area contributed by atoms with E-state index in [0.717, 1.165) is 42.5 Å². The summed E-state index contributed by atoms with van der Waals surface area (Å²) >= 11 is 0. The second-order valence-electron chi connectivity index (χ2n) is 6.81. The van der Waals surface area contributed by atoms with Gasteiger partial charge in [0.1, 0.15) is 5.69 Å². The fourth-order valence-electron chi connectivity index (χ4n) is 2.96. The number of hydrogen-bond acceptors (Lipinski definition) is 3. The van der Waals surface area contributed by atoms with Crippen LogP contribution in [0.25, 0.3) is 0 Å². The molecule has 2 N–H and O–H groups in total. The minimum absolute atomic E-state index is 0.168. The Labute approximate surface area is 161 Å². The Kier molecular flexibility index (Phi) is 7.93. The summed E-state index contributed by atoms with van der Waals surface area (Å²) in [6, 6.07) is 3.57. The number of aromatic nitrogens is 1. The van der Waals surface area contributed by atoms with Gasteiger partial charge in [0, 0.05) is 12.1 Å². The lowest BCUT2D eigenvalue weighted by atomic mass is 9.98. The zero-order valence-corrected chi connectivity index (χ0v) is 16.2. The Morgan fingerprint density at radius 3 is 2.67 bits per heavy atom. The number of carbonyl (C=O) groups is 2. The third kappa shape index (κ3) is 6.48. The lowest BCUT2D eigenvalue weighted by Crippen LogP contribution is -2.14. The van der Waals surface area contributed by atoms with Crippen molar-refractivity contribution in [2.24, 2.45) is 5.73 Å². The molecule has 0 unspecified atom stereocenters. The number of ketones is 1. The van der Waals surface area contributed by atoms with Gasteiger partial charge in [-0.05, 0) is 49.8 Å². The molecule has 0 bridgehead atoms. The van der Waals surface area contributed by atoms with Crippen molar-refractivity contribution in [3.05, 3.63) is 76.7 Å². The summed E-state index contributed by atoms with van der Waals surface area (Å²) in [7, 11) is 0. The topological polar surface area (TPSA) is 73.0 Å². The first-order valence-corrected chi connectivity index (χ1v) is 9.51. The summed E-state index contributed by atoms with van der Waals surface area (Å²) in [6.07, 6.45) is 16.4. The van der Waals surface area contributed by atoms with Crippen molar-refractivity contribution in [1.29, 1.82) is 0 Å². The minimum Gasteiger partial charge on any atom is -0.364 e. The molecule has 1 aliphatic rings. The highest BCUT2D eigenvalue weighted by molar-refractivity contribution is 5.96. The standard InChI is InChI=1S/C23H28N2O2/c1-3-8-20-18(15-16-21(25-20)23(24)27)10-6-7-12-22(26)19-11-5-4-9-17(2)13-14-19/h4-7,9,11,15-16H,3,8,10,12-14H2,1-2H3,(H2,24,27)/b5-4-,7-6+,17-9+,19-11+. The Hall–Kier alpha value is -2.75. The average Bonchev–Trinajstić information content (AvgIpc) is 2.63. The lowest BCUT2D eigenvalue weighted by molar-refractivity contribution is -0.114. The molecule has 1 amide bonds. The normalized spacial score (nSPS) is 19.5. The van der Waals surface area contributed by atoms with Gasteiger partial charge in [-0.1, -0.05) is 61.4 Å². The summed E-state index contributed by atoms with van der Waals surface area (Å²) in [4.78, 5) is 28.1. The molecule has 1 aromatic rings. The maximum atomic E-state index is 12.4. The van der Waals surface area contributed by atoms with Crippen molar-refractivity contribution in [3.63, 3.8) is 0 Å². The van der Waals surface area contributed by atoms with Crippen LogP contribution in [-0.4, -0.2) is 16.7 Å². The van der Waals surface area contributed by atoms with Gasteiger partial charge in [-0.2, -0.15) is 0 Å². The number of nitrogens with two attached hydrogens (primary N) is 1. The highest BCUT2D eigenvalue weighted by atomic mass is 16.1. The fraction of sp³-hybridized carbons (Fsp3) is 0.348. The van der Waals surface area contributed by atoms with Gasteiger partial charge >= 0.3 is 0 Å². The number of carbonyl (C=O) groups excluding carboxylic acids is 2. The monoisotopic (exact) mass is 364 g/mol. The predicted octanol–water partition coefficient (Wildman–Crippen LogP) is 4.41. The van der Waals surface area contributed by atoms with Crippen molar-refractivity contribution < 1.29 is 9.59 Å². The summed E-state index contributed by atoms with van der Waals surface area (Å²) in [5.74, 6) is -0.340. The molecule has 0 saturated carbocycles. The molecule has 27 heavy (non-hydrogen) atoms. The number of nitrogens with zero attached hydrogens (tertiary/aromatic N) is 1. The molecular weight excluding hydrogens is 336 g/mol. The van der Waals surface area contributed by atoms with Crippen LogP contribution in [0.1, 0.15) is 61.3 Å². The third-order valence-electron chi connectivity index (χ3n) is 4.55. The molecule has 0 fully saturated rings. The Bertz CT molecular complexity index is 814. The van der Waals surface area contributed by atoms with Crippen LogP contribution >= 0.6 is 0 Å². The van der Waals surface area contributed by atoms with Crippen LogP contribution in [0.3, 0.4) is 0 Å². The van der Waals surface area contributed by atoms with E-state index >= 15 is 0 Å². The molecule has 1 aliphatic carbocycles. The molecule has 142 valence electrons. The summed E-state index contributed by atoms with van der Waals surface area (Å²) in [5, 5.41) is 0. The number of aryl methyl sites for hydroxylation is 1. The first kappa shape index (κ1) is 20.6. The van der Waals surface area contributed by atoms with Gasteiger partial charge in [0.2, 0.25) is 0 Å². The van der Waals surface area contributed by atoms with Gasteiger partial charge in [-0.3, -0.25) is 9.59 Å². The van der Waals surface area contributed by atoms with Gasteiger partial charge in [0.25, 0.3) is 5.91 Å². The van der Waals surface area contributed by atoms with E-state index in [9.17, 15) is 9.59 Å². The van der Waals surface area contributed by atoms with Crippen molar-refractivity contribution in [1.82, 2.24) is 4.98 Å². The van der Waals surface area contributed by atoms with Crippen LogP contribution in [0, 0.1) is 0 Å². The second-order valence-corrected chi connectivity index (χ2v) is 6.81. The van der Waals surface area contributed by atoms with E-state index in [1.807, 2.05) is 36.4 Å². The van der Waals surface area contributed by atoms with Crippen LogP contribution in [0.4, 0.5) is 0 Å². The highest BCUT2D eigenvalue weighted by Gasteiger charge is 2.10. The second kappa shape index (κ2) is 10.4. The van der Waals surface area contributed by atoms with E-state index in [-0.39, 0.29) is 5.78 Å². The zero-order valence-electron chi connectivity index (χ0n) is 16.2. The number of allylic oxidation sites excluding steroid dienone is 8. The first-order valence-electron chi connectivity index (χ1n) is 9.51. The van der Waals surface area contributed by atoms with Gasteiger partial charge < -0.3 is 5.73 Å². The molecule has 1 aromatic heterocycles. The first-order chi connectivity index (χ1) is 13.0. The Morgan fingerprint density at radius 2 is 1.93 bits per heavy atom. The van der Waals surface area contributed by atoms with Crippen LogP contribution in [0.2, 0.25) is 0 Å². The average molecular weight is 364 g/mol. The number of rotatable bonds is 8. The van der Waals surface area contributed by atoms with Gasteiger partial charge in [0.05, 0.1) is 0 Å². The maximum absolute atomic E-state index is 12.4. The van der Waals surface area contributed by atoms with Crippen molar-refractivity contribution in [2.75, 3.05) is 0 Å². The molecule has 0 aromatic carbocycles. The van der Waals surface area contributed by atoms with E-state index < -0.39 is 5.91 Å². The molecule has 4 nitrogen and oxygen atoms in total. The third-order valence-corrected chi connectivity index (χ3v) is 4.55. The van der Waals surface area contributed by atoms with Gasteiger partial charge in [-0.15, -0.1) is 0 Å². The number of pyridine rings is 1. The number of primary amides is 1. The van der Waals surface area contributed by atoms with Crippen LogP contribution in [-0.2, 0) is 17.6 Å². The van der Waals surface area contributed by atoms with E-state index in [1.54, 1.807) is 6.07 Å². The lowest BCUT2D eigenvalue weighted by Gasteiger charge is -2.08. The molecule has 2 rings (SSSR count). The summed E-state index contributed by atoms with van der Waals surface area (Å²) in [6.45, 7) is 4.16. The van der Waals surface area contributed by atoms with Crippen LogP contribution < -0.4 is 5.73 Å². The van der Waals surface area contributed by atoms with Crippen molar-refractivity contribution in [3.8, 4) is 0 Å². The smallest absolute Gasteiger partial charge is 0.267 e. The molecule has 4 heteroatoms.